The Kier molecular flexibility index (Phi) is 6.58. The molecule has 0 radical (unpaired) electrons. The molecule has 0 saturated carbocycles. The Hall–Kier alpha value is -1.09. The Bertz CT molecular complexity index is 272. The van der Waals surface area contributed by atoms with Crippen LogP contribution in [0.4, 0.5) is 0 Å². The molecule has 0 aliphatic carbocycles. The SMILES string of the molecule is CCCCCOc1ccc(CNCC)cn1. The van der Waals surface area contributed by atoms with Crippen molar-refractivity contribution in [2.45, 2.75) is 39.7 Å². The lowest BCUT2D eigenvalue weighted by atomic mass is 10.3. The van der Waals surface area contributed by atoms with Crippen LogP contribution >= 0.6 is 0 Å². The third-order valence-corrected chi connectivity index (χ3v) is 2.37. The van der Waals surface area contributed by atoms with Crippen LogP contribution in [-0.4, -0.2) is 18.1 Å². The summed E-state index contributed by atoms with van der Waals surface area (Å²) >= 11 is 0. The van der Waals surface area contributed by atoms with Crippen molar-refractivity contribution in [3.8, 4) is 5.88 Å². The van der Waals surface area contributed by atoms with Gasteiger partial charge in [-0.25, -0.2) is 4.98 Å². The largest absolute Gasteiger partial charge is 0.478 e. The molecule has 0 amide bonds. The number of nitrogens with zero attached hydrogens (tertiary/aromatic N) is 1. The summed E-state index contributed by atoms with van der Waals surface area (Å²) in [6, 6.07) is 4.00. The van der Waals surface area contributed by atoms with Crippen molar-refractivity contribution in [2.75, 3.05) is 13.2 Å². The molecule has 1 aromatic heterocycles. The van der Waals surface area contributed by atoms with Crippen LogP contribution in [0.25, 0.3) is 0 Å². The van der Waals surface area contributed by atoms with E-state index in [9.17, 15) is 0 Å². The van der Waals surface area contributed by atoms with Gasteiger partial charge in [-0.05, 0) is 18.5 Å². The Morgan fingerprint density at radius 3 is 2.75 bits per heavy atom. The monoisotopic (exact) mass is 222 g/mol. The van der Waals surface area contributed by atoms with Crippen LogP contribution in [0, 0.1) is 0 Å². The number of ether oxygens (including phenoxy) is 1. The smallest absolute Gasteiger partial charge is 0.213 e. The Morgan fingerprint density at radius 2 is 2.12 bits per heavy atom. The fourth-order valence-corrected chi connectivity index (χ4v) is 1.40. The van der Waals surface area contributed by atoms with E-state index in [2.05, 4.69) is 30.2 Å². The van der Waals surface area contributed by atoms with Crippen molar-refractivity contribution in [3.05, 3.63) is 23.9 Å². The Morgan fingerprint density at radius 1 is 1.25 bits per heavy atom. The zero-order chi connectivity index (χ0) is 11.6. The van der Waals surface area contributed by atoms with Crippen molar-refractivity contribution in [2.24, 2.45) is 0 Å². The minimum Gasteiger partial charge on any atom is -0.478 e. The summed E-state index contributed by atoms with van der Waals surface area (Å²) in [6.45, 7) is 6.91. The van der Waals surface area contributed by atoms with E-state index in [1.807, 2.05) is 12.3 Å². The first-order chi connectivity index (χ1) is 7.86. The molecular weight excluding hydrogens is 200 g/mol. The molecule has 3 nitrogen and oxygen atoms in total. The van der Waals surface area contributed by atoms with Crippen LogP contribution in [0.15, 0.2) is 18.3 Å². The minimum atomic E-state index is 0.733. The second-order valence-corrected chi connectivity index (χ2v) is 3.84. The van der Waals surface area contributed by atoms with E-state index in [0.717, 1.165) is 32.0 Å². The first-order valence-electron chi connectivity index (χ1n) is 6.15. The lowest BCUT2D eigenvalue weighted by Gasteiger charge is -2.06. The molecule has 0 saturated heterocycles. The van der Waals surface area contributed by atoms with Gasteiger partial charge >= 0.3 is 0 Å². The van der Waals surface area contributed by atoms with E-state index in [0.29, 0.717) is 0 Å². The molecule has 1 aromatic rings. The lowest BCUT2D eigenvalue weighted by Crippen LogP contribution is -2.11. The van der Waals surface area contributed by atoms with Gasteiger partial charge < -0.3 is 10.1 Å². The maximum absolute atomic E-state index is 5.54. The molecule has 0 aliphatic rings. The molecule has 1 heterocycles. The van der Waals surface area contributed by atoms with Gasteiger partial charge in [-0.3, -0.25) is 0 Å². The average Bonchev–Trinajstić information content (AvgIpc) is 2.33. The maximum Gasteiger partial charge on any atom is 0.213 e. The van der Waals surface area contributed by atoms with Gasteiger partial charge in [0.15, 0.2) is 0 Å². The van der Waals surface area contributed by atoms with Crippen molar-refractivity contribution >= 4 is 0 Å². The highest BCUT2D eigenvalue weighted by molar-refractivity contribution is 5.17. The summed E-state index contributed by atoms with van der Waals surface area (Å²) in [5.74, 6) is 0.733. The van der Waals surface area contributed by atoms with E-state index < -0.39 is 0 Å². The van der Waals surface area contributed by atoms with E-state index in [1.165, 1.54) is 18.4 Å². The molecule has 0 bridgehead atoms. The fourth-order valence-electron chi connectivity index (χ4n) is 1.40. The molecule has 1 rings (SSSR count). The van der Waals surface area contributed by atoms with Crippen molar-refractivity contribution in [1.29, 1.82) is 0 Å². The van der Waals surface area contributed by atoms with Crippen molar-refractivity contribution < 1.29 is 4.74 Å². The van der Waals surface area contributed by atoms with Crippen LogP contribution in [0.5, 0.6) is 5.88 Å². The molecule has 0 atom stereocenters. The topological polar surface area (TPSA) is 34.1 Å². The zero-order valence-corrected chi connectivity index (χ0v) is 10.3. The summed E-state index contributed by atoms with van der Waals surface area (Å²) < 4.78 is 5.54. The highest BCUT2D eigenvalue weighted by Gasteiger charge is 1.96. The Labute approximate surface area is 98.2 Å². The number of nitrogens with one attached hydrogen (secondary N) is 1. The highest BCUT2D eigenvalue weighted by Crippen LogP contribution is 2.08. The Balaban J connectivity index is 2.27. The summed E-state index contributed by atoms with van der Waals surface area (Å²) in [4.78, 5) is 4.27. The summed E-state index contributed by atoms with van der Waals surface area (Å²) in [7, 11) is 0. The van der Waals surface area contributed by atoms with Crippen molar-refractivity contribution in [3.63, 3.8) is 0 Å². The predicted molar refractivity (Wildman–Crippen MR) is 66.6 cm³/mol. The van der Waals surface area contributed by atoms with Crippen LogP contribution < -0.4 is 10.1 Å². The molecular formula is C13H22N2O. The molecule has 0 spiro atoms. The summed E-state index contributed by atoms with van der Waals surface area (Å²) in [5, 5.41) is 3.26. The van der Waals surface area contributed by atoms with E-state index in [1.54, 1.807) is 0 Å². The zero-order valence-electron chi connectivity index (χ0n) is 10.3. The third kappa shape index (κ3) is 5.12. The molecule has 1 N–H and O–H groups in total. The number of rotatable bonds is 8. The maximum atomic E-state index is 5.54. The number of hydrogen-bond donors (Lipinski definition) is 1. The quantitative estimate of drug-likeness (QED) is 0.687. The first-order valence-corrected chi connectivity index (χ1v) is 6.15. The van der Waals surface area contributed by atoms with Gasteiger partial charge in [0.25, 0.3) is 0 Å². The second-order valence-electron chi connectivity index (χ2n) is 3.84. The standard InChI is InChI=1S/C13H22N2O/c1-3-5-6-9-16-13-8-7-12(11-15-13)10-14-4-2/h7-8,11,14H,3-6,9-10H2,1-2H3. The highest BCUT2D eigenvalue weighted by atomic mass is 16.5. The summed E-state index contributed by atoms with van der Waals surface area (Å²) in [5.41, 5.74) is 1.20. The molecule has 0 unspecified atom stereocenters. The molecule has 0 aromatic carbocycles. The van der Waals surface area contributed by atoms with Gasteiger partial charge in [0.1, 0.15) is 0 Å². The summed E-state index contributed by atoms with van der Waals surface area (Å²) in [6.07, 6.45) is 5.42. The van der Waals surface area contributed by atoms with Gasteiger partial charge in [0.05, 0.1) is 6.61 Å². The van der Waals surface area contributed by atoms with E-state index >= 15 is 0 Å². The molecule has 3 heteroatoms. The molecule has 0 fully saturated rings. The normalized spacial score (nSPS) is 10.4. The van der Waals surface area contributed by atoms with Gasteiger partial charge in [-0.15, -0.1) is 0 Å². The fraction of sp³-hybridized carbons (Fsp3) is 0.615. The lowest BCUT2D eigenvalue weighted by molar-refractivity contribution is 0.295. The van der Waals surface area contributed by atoms with Crippen LogP contribution in [0.3, 0.4) is 0 Å². The van der Waals surface area contributed by atoms with Gasteiger partial charge in [-0.1, -0.05) is 32.8 Å². The second kappa shape index (κ2) is 8.11. The third-order valence-electron chi connectivity index (χ3n) is 2.37. The average molecular weight is 222 g/mol. The number of pyridine rings is 1. The molecule has 0 aliphatic heterocycles. The van der Waals surface area contributed by atoms with Crippen LogP contribution in [0.2, 0.25) is 0 Å². The van der Waals surface area contributed by atoms with Gasteiger partial charge in [0, 0.05) is 18.8 Å². The number of hydrogen-bond acceptors (Lipinski definition) is 3. The van der Waals surface area contributed by atoms with Gasteiger partial charge in [-0.2, -0.15) is 0 Å². The molecule has 16 heavy (non-hydrogen) atoms. The molecule has 90 valence electrons. The van der Waals surface area contributed by atoms with Crippen LogP contribution in [0.1, 0.15) is 38.7 Å². The van der Waals surface area contributed by atoms with Crippen LogP contribution in [-0.2, 0) is 6.54 Å². The first kappa shape index (κ1) is 13.0. The minimum absolute atomic E-state index is 0.733. The van der Waals surface area contributed by atoms with Gasteiger partial charge in [0.2, 0.25) is 5.88 Å². The predicted octanol–water partition coefficient (Wildman–Crippen LogP) is 2.76. The number of unbranched alkanes of at least 4 members (excludes halogenated alkanes) is 2. The van der Waals surface area contributed by atoms with Crippen molar-refractivity contribution in [1.82, 2.24) is 10.3 Å². The van der Waals surface area contributed by atoms with E-state index in [4.69, 9.17) is 4.74 Å². The number of aromatic nitrogens is 1. The van der Waals surface area contributed by atoms with E-state index in [-0.39, 0.29) is 0 Å².